The summed E-state index contributed by atoms with van der Waals surface area (Å²) in [7, 11) is 0. The molecule has 0 spiro atoms. The van der Waals surface area contributed by atoms with E-state index in [1.807, 2.05) is 27.7 Å². The van der Waals surface area contributed by atoms with E-state index in [-0.39, 0.29) is 0 Å². The maximum absolute atomic E-state index is 6.29. The maximum Gasteiger partial charge on any atom is 0.0108 e. The van der Waals surface area contributed by atoms with Crippen molar-refractivity contribution < 1.29 is 0 Å². The van der Waals surface area contributed by atoms with E-state index in [9.17, 15) is 0 Å². The Bertz CT molecular complexity index is 302. The largest absolute Gasteiger partial charge is 0.328 e. The fourth-order valence-corrected chi connectivity index (χ4v) is 2.63. The Kier molecular flexibility index (Phi) is 11.4. The molecule has 2 nitrogen and oxygen atoms in total. The van der Waals surface area contributed by atoms with Crippen LogP contribution in [0.3, 0.4) is 0 Å². The predicted octanol–water partition coefficient (Wildman–Crippen LogP) is 4.13. The van der Waals surface area contributed by atoms with Crippen LogP contribution in [-0.4, -0.2) is 12.1 Å². The summed E-state index contributed by atoms with van der Waals surface area (Å²) in [6.45, 7) is 8.00. The number of hydrogen-bond acceptors (Lipinski definition) is 2. The zero-order valence-electron chi connectivity index (χ0n) is 13.8. The number of benzene rings is 1. The van der Waals surface area contributed by atoms with Gasteiger partial charge >= 0.3 is 0 Å². The molecule has 2 rings (SSSR count). The summed E-state index contributed by atoms with van der Waals surface area (Å²) in [4.78, 5) is 0. The number of rotatable bonds is 3. The average molecular weight is 278 g/mol. The highest BCUT2D eigenvalue weighted by atomic mass is 14.7. The van der Waals surface area contributed by atoms with Gasteiger partial charge in [0.05, 0.1) is 0 Å². The van der Waals surface area contributed by atoms with Gasteiger partial charge in [-0.2, -0.15) is 0 Å². The highest BCUT2D eigenvalue weighted by Crippen LogP contribution is 2.26. The second-order valence-electron chi connectivity index (χ2n) is 5.03. The summed E-state index contributed by atoms with van der Waals surface area (Å²) < 4.78 is 0. The van der Waals surface area contributed by atoms with Gasteiger partial charge in [0.1, 0.15) is 0 Å². The summed E-state index contributed by atoms with van der Waals surface area (Å²) in [5, 5.41) is 0. The lowest BCUT2D eigenvalue weighted by Gasteiger charge is -2.30. The maximum atomic E-state index is 6.29. The van der Waals surface area contributed by atoms with E-state index in [0.29, 0.717) is 18.0 Å². The Morgan fingerprint density at radius 3 is 1.95 bits per heavy atom. The molecule has 2 heteroatoms. The van der Waals surface area contributed by atoms with E-state index >= 15 is 0 Å². The molecule has 0 amide bonds. The van der Waals surface area contributed by atoms with Crippen LogP contribution in [0.5, 0.6) is 0 Å². The summed E-state index contributed by atoms with van der Waals surface area (Å²) in [5.41, 5.74) is 13.5. The molecular formula is C18H34N2. The first-order valence-electron chi connectivity index (χ1n) is 8.31. The lowest BCUT2D eigenvalue weighted by molar-refractivity contribution is 0.281. The van der Waals surface area contributed by atoms with Gasteiger partial charge in [-0.15, -0.1) is 0 Å². The molecule has 0 aromatic heterocycles. The smallest absolute Gasteiger partial charge is 0.0108 e. The van der Waals surface area contributed by atoms with Gasteiger partial charge in [-0.25, -0.2) is 0 Å². The third-order valence-corrected chi connectivity index (χ3v) is 3.74. The van der Waals surface area contributed by atoms with Crippen molar-refractivity contribution in [2.75, 3.05) is 0 Å². The second-order valence-corrected chi connectivity index (χ2v) is 5.03. The molecule has 1 fully saturated rings. The summed E-state index contributed by atoms with van der Waals surface area (Å²) in [5.74, 6) is 0.667. The molecule has 1 saturated carbocycles. The van der Waals surface area contributed by atoms with Crippen molar-refractivity contribution in [2.45, 2.75) is 71.9 Å². The Hall–Kier alpha value is -0.860. The van der Waals surface area contributed by atoms with Gasteiger partial charge in [-0.3, -0.25) is 0 Å². The second kappa shape index (κ2) is 11.9. The fourth-order valence-electron chi connectivity index (χ4n) is 2.63. The molecule has 4 N–H and O–H groups in total. The van der Waals surface area contributed by atoms with Crippen LogP contribution in [-0.2, 0) is 6.42 Å². The van der Waals surface area contributed by atoms with E-state index in [1.54, 1.807) is 0 Å². The topological polar surface area (TPSA) is 52.0 Å². The van der Waals surface area contributed by atoms with Crippen LogP contribution >= 0.6 is 0 Å². The summed E-state index contributed by atoms with van der Waals surface area (Å²) in [6.07, 6.45) is 5.70. The van der Waals surface area contributed by atoms with Crippen molar-refractivity contribution in [1.82, 2.24) is 0 Å². The molecule has 1 aromatic carbocycles. The minimum Gasteiger partial charge on any atom is -0.328 e. The Morgan fingerprint density at radius 2 is 1.45 bits per heavy atom. The molecule has 0 saturated heterocycles. The standard InChI is InChI=1S/C14H22N2.2C2H6/c15-13-8-6-12(7-9-13)14(16)10-11-4-2-1-3-5-11;2*1-2/h1-5,12-14H,6-10,15-16H2;2*1-2H3. The van der Waals surface area contributed by atoms with Gasteiger partial charge in [0.15, 0.2) is 0 Å². The highest BCUT2D eigenvalue weighted by molar-refractivity contribution is 5.16. The van der Waals surface area contributed by atoms with E-state index in [0.717, 1.165) is 19.3 Å². The molecule has 1 aliphatic carbocycles. The summed E-state index contributed by atoms with van der Waals surface area (Å²) in [6, 6.07) is 11.3. The predicted molar refractivity (Wildman–Crippen MR) is 90.8 cm³/mol. The molecule has 116 valence electrons. The zero-order valence-corrected chi connectivity index (χ0v) is 13.8. The van der Waals surface area contributed by atoms with Gasteiger partial charge in [0.25, 0.3) is 0 Å². The first-order valence-corrected chi connectivity index (χ1v) is 8.31. The van der Waals surface area contributed by atoms with Crippen LogP contribution in [0.2, 0.25) is 0 Å². The lowest BCUT2D eigenvalue weighted by atomic mass is 9.80. The van der Waals surface area contributed by atoms with E-state index < -0.39 is 0 Å². The van der Waals surface area contributed by atoms with Gasteiger partial charge in [-0.1, -0.05) is 58.0 Å². The average Bonchev–Trinajstić information content (AvgIpc) is 2.53. The third kappa shape index (κ3) is 7.06. The van der Waals surface area contributed by atoms with Gasteiger partial charge in [0.2, 0.25) is 0 Å². The SMILES string of the molecule is CC.CC.NC1CCC(C(N)Cc2ccccc2)CC1. The zero-order chi connectivity index (χ0) is 15.4. The van der Waals surface area contributed by atoms with E-state index in [2.05, 4.69) is 30.3 Å². The van der Waals surface area contributed by atoms with Crippen molar-refractivity contribution in [3.8, 4) is 0 Å². The molecular weight excluding hydrogens is 244 g/mol. The molecule has 0 heterocycles. The van der Waals surface area contributed by atoms with Crippen molar-refractivity contribution >= 4 is 0 Å². The van der Waals surface area contributed by atoms with Crippen molar-refractivity contribution in [2.24, 2.45) is 17.4 Å². The lowest BCUT2D eigenvalue weighted by Crippen LogP contribution is -2.37. The van der Waals surface area contributed by atoms with Gasteiger partial charge in [0, 0.05) is 12.1 Å². The first kappa shape index (κ1) is 19.1. The van der Waals surface area contributed by atoms with Crippen LogP contribution in [0.1, 0.15) is 58.9 Å². The van der Waals surface area contributed by atoms with Crippen LogP contribution in [0.15, 0.2) is 30.3 Å². The fraction of sp³-hybridized carbons (Fsp3) is 0.667. The molecule has 0 radical (unpaired) electrons. The Labute approximate surface area is 125 Å². The minimum absolute atomic E-state index is 0.301. The molecule has 20 heavy (non-hydrogen) atoms. The molecule has 0 bridgehead atoms. The quantitative estimate of drug-likeness (QED) is 0.873. The van der Waals surface area contributed by atoms with Gasteiger partial charge < -0.3 is 11.5 Å². The Balaban J connectivity index is 0.000000829. The van der Waals surface area contributed by atoms with Gasteiger partial charge in [-0.05, 0) is 43.6 Å². The molecule has 1 unspecified atom stereocenters. The molecule has 1 atom stereocenters. The molecule has 1 aliphatic rings. The monoisotopic (exact) mass is 278 g/mol. The van der Waals surface area contributed by atoms with E-state index in [4.69, 9.17) is 11.5 Å². The van der Waals surface area contributed by atoms with Crippen LogP contribution in [0.25, 0.3) is 0 Å². The van der Waals surface area contributed by atoms with Crippen LogP contribution in [0.4, 0.5) is 0 Å². The van der Waals surface area contributed by atoms with Crippen LogP contribution < -0.4 is 11.5 Å². The van der Waals surface area contributed by atoms with E-state index in [1.165, 1.54) is 18.4 Å². The minimum atomic E-state index is 0.301. The Morgan fingerprint density at radius 1 is 0.950 bits per heavy atom. The third-order valence-electron chi connectivity index (χ3n) is 3.74. The normalized spacial score (nSPS) is 22.7. The first-order chi connectivity index (χ1) is 9.75. The van der Waals surface area contributed by atoms with Crippen molar-refractivity contribution in [1.29, 1.82) is 0 Å². The summed E-state index contributed by atoms with van der Waals surface area (Å²) >= 11 is 0. The van der Waals surface area contributed by atoms with Crippen molar-refractivity contribution in [3.05, 3.63) is 35.9 Å². The highest BCUT2D eigenvalue weighted by Gasteiger charge is 2.23. The molecule has 1 aromatic rings. The molecule has 0 aliphatic heterocycles. The number of nitrogens with two attached hydrogens (primary N) is 2. The number of hydrogen-bond donors (Lipinski definition) is 2. The van der Waals surface area contributed by atoms with Crippen LogP contribution in [0, 0.1) is 5.92 Å². The van der Waals surface area contributed by atoms with Crippen molar-refractivity contribution in [3.63, 3.8) is 0 Å².